The van der Waals surface area contributed by atoms with E-state index in [1.807, 2.05) is 12.1 Å². The maximum absolute atomic E-state index is 11.1. The molecule has 0 saturated carbocycles. The molecule has 78 valence electrons. The number of benzene rings is 1. The van der Waals surface area contributed by atoms with Gasteiger partial charge < -0.3 is 4.42 Å². The molecule has 0 aliphatic rings. The first-order valence-electron chi connectivity index (χ1n) is 5.01. The van der Waals surface area contributed by atoms with Gasteiger partial charge in [-0.15, -0.1) is 0 Å². The fourth-order valence-corrected chi connectivity index (χ4v) is 2.67. The Morgan fingerprint density at radius 2 is 1.73 bits per heavy atom. The van der Waals surface area contributed by atoms with E-state index in [0.29, 0.717) is 5.58 Å². The smallest absolute Gasteiger partial charge is 0.336 e. The van der Waals surface area contributed by atoms with Crippen molar-refractivity contribution in [3.63, 3.8) is 0 Å². The summed E-state index contributed by atoms with van der Waals surface area (Å²) in [6, 6.07) is 9.41. The molecule has 2 rings (SSSR count). The van der Waals surface area contributed by atoms with Gasteiger partial charge in [-0.1, -0.05) is 37.0 Å². The van der Waals surface area contributed by atoms with Crippen LogP contribution in [0.4, 0.5) is 0 Å². The summed E-state index contributed by atoms with van der Waals surface area (Å²) in [6.07, 6.45) is 0. The Balaban J connectivity index is 2.70. The molecular weight excluding hydrogens is 204 g/mol. The first kappa shape index (κ1) is 10.2. The van der Waals surface area contributed by atoms with Crippen molar-refractivity contribution in [2.75, 3.05) is 0 Å². The maximum atomic E-state index is 11.1. The molecule has 0 fully saturated rings. The minimum atomic E-state index is -1.33. The van der Waals surface area contributed by atoms with Crippen molar-refractivity contribution < 1.29 is 4.42 Å². The summed E-state index contributed by atoms with van der Waals surface area (Å²) in [4.78, 5) is 11.1. The average molecular weight is 218 g/mol. The zero-order valence-corrected chi connectivity index (χ0v) is 10.2. The van der Waals surface area contributed by atoms with Crippen LogP contribution in [-0.4, -0.2) is 8.07 Å². The van der Waals surface area contributed by atoms with Crippen molar-refractivity contribution in [3.05, 3.63) is 40.8 Å². The quantitative estimate of drug-likeness (QED) is 0.543. The third kappa shape index (κ3) is 2.02. The van der Waals surface area contributed by atoms with E-state index >= 15 is 0 Å². The van der Waals surface area contributed by atoms with Gasteiger partial charge in [0.15, 0.2) is 0 Å². The van der Waals surface area contributed by atoms with Gasteiger partial charge in [0.1, 0.15) is 5.58 Å². The zero-order chi connectivity index (χ0) is 11.1. The predicted molar refractivity (Wildman–Crippen MR) is 65.5 cm³/mol. The third-order valence-corrected chi connectivity index (χ3v) is 4.53. The van der Waals surface area contributed by atoms with Crippen molar-refractivity contribution in [3.8, 4) is 0 Å². The van der Waals surface area contributed by atoms with Crippen molar-refractivity contribution in [1.29, 1.82) is 0 Å². The highest BCUT2D eigenvalue weighted by Gasteiger charge is 2.16. The van der Waals surface area contributed by atoms with Gasteiger partial charge in [0.05, 0.1) is 8.07 Å². The van der Waals surface area contributed by atoms with Crippen LogP contribution in [0.5, 0.6) is 0 Å². The summed E-state index contributed by atoms with van der Waals surface area (Å²) in [5, 5.41) is 2.29. The Morgan fingerprint density at radius 1 is 1.07 bits per heavy atom. The van der Waals surface area contributed by atoms with E-state index in [1.54, 1.807) is 6.07 Å². The molecule has 1 aromatic heterocycles. The molecule has 2 nitrogen and oxygen atoms in total. The first-order chi connectivity index (χ1) is 6.97. The molecule has 1 aromatic carbocycles. The Morgan fingerprint density at radius 3 is 2.40 bits per heavy atom. The number of rotatable bonds is 1. The number of fused-ring (bicyclic) bond motifs is 1. The molecule has 0 bridgehead atoms. The topological polar surface area (TPSA) is 30.2 Å². The third-order valence-electron chi connectivity index (χ3n) is 2.49. The van der Waals surface area contributed by atoms with E-state index in [2.05, 4.69) is 25.7 Å². The largest absolute Gasteiger partial charge is 0.423 e. The molecule has 0 aliphatic carbocycles. The monoisotopic (exact) mass is 218 g/mol. The van der Waals surface area contributed by atoms with E-state index in [0.717, 1.165) is 5.39 Å². The minimum absolute atomic E-state index is 0.282. The molecule has 0 atom stereocenters. The van der Waals surface area contributed by atoms with Gasteiger partial charge in [0.2, 0.25) is 0 Å². The summed E-state index contributed by atoms with van der Waals surface area (Å²) in [7, 11) is -1.33. The van der Waals surface area contributed by atoms with E-state index in [-0.39, 0.29) is 5.63 Å². The highest BCUT2D eigenvalue weighted by atomic mass is 28.3. The summed E-state index contributed by atoms with van der Waals surface area (Å²) >= 11 is 0. The van der Waals surface area contributed by atoms with E-state index < -0.39 is 8.07 Å². The zero-order valence-electron chi connectivity index (χ0n) is 9.20. The van der Waals surface area contributed by atoms with Gasteiger partial charge in [0, 0.05) is 11.5 Å². The fourth-order valence-electron chi connectivity index (χ4n) is 1.53. The Labute approximate surface area is 89.6 Å². The number of hydrogen-bond acceptors (Lipinski definition) is 2. The molecule has 3 heteroatoms. The van der Waals surface area contributed by atoms with Crippen LogP contribution in [0, 0.1) is 0 Å². The summed E-state index contributed by atoms with van der Waals surface area (Å²) in [5.74, 6) is 0. The normalized spacial score (nSPS) is 11.9. The maximum Gasteiger partial charge on any atom is 0.336 e. The molecule has 0 unspecified atom stereocenters. The van der Waals surface area contributed by atoms with Gasteiger partial charge in [-0.25, -0.2) is 4.79 Å². The van der Waals surface area contributed by atoms with Crippen molar-refractivity contribution in [1.82, 2.24) is 0 Å². The van der Waals surface area contributed by atoms with E-state index in [9.17, 15) is 4.79 Å². The first-order valence-corrected chi connectivity index (χ1v) is 8.51. The van der Waals surface area contributed by atoms with E-state index in [4.69, 9.17) is 4.42 Å². The summed E-state index contributed by atoms with van der Waals surface area (Å²) in [5.41, 5.74) is 0.414. The minimum Gasteiger partial charge on any atom is -0.423 e. The average Bonchev–Trinajstić information content (AvgIpc) is 2.15. The molecule has 0 saturated heterocycles. The molecule has 0 amide bonds. The van der Waals surface area contributed by atoms with Gasteiger partial charge >= 0.3 is 5.63 Å². The second-order valence-electron chi connectivity index (χ2n) is 4.76. The standard InChI is InChI=1S/C12H14O2Si/c1-15(2,3)10-6-4-9-5-7-12(13)14-11(9)8-10/h4-8H,1-3H3. The predicted octanol–water partition coefficient (Wildman–Crippen LogP) is 2.34. The second-order valence-corrected chi connectivity index (χ2v) is 9.83. The van der Waals surface area contributed by atoms with Gasteiger partial charge in [-0.3, -0.25) is 0 Å². The van der Waals surface area contributed by atoms with Crippen molar-refractivity contribution in [2.24, 2.45) is 0 Å². The highest BCUT2D eigenvalue weighted by Crippen LogP contribution is 2.12. The van der Waals surface area contributed by atoms with Gasteiger partial charge in [-0.05, 0) is 12.1 Å². The molecule has 2 aromatic rings. The van der Waals surface area contributed by atoms with Crippen molar-refractivity contribution in [2.45, 2.75) is 19.6 Å². The lowest BCUT2D eigenvalue weighted by Gasteiger charge is -2.16. The van der Waals surface area contributed by atoms with E-state index in [1.165, 1.54) is 11.3 Å². The second kappa shape index (κ2) is 3.34. The van der Waals surface area contributed by atoms with Crippen LogP contribution in [0.3, 0.4) is 0 Å². The lowest BCUT2D eigenvalue weighted by molar-refractivity contribution is 0.561. The summed E-state index contributed by atoms with van der Waals surface area (Å²) < 4.78 is 5.16. The lowest BCUT2D eigenvalue weighted by Crippen LogP contribution is -2.37. The molecule has 0 spiro atoms. The molecule has 0 radical (unpaired) electrons. The van der Waals surface area contributed by atoms with Crippen LogP contribution in [0.2, 0.25) is 19.6 Å². The fraction of sp³-hybridized carbons (Fsp3) is 0.250. The van der Waals surface area contributed by atoms with Crippen LogP contribution in [0.15, 0.2) is 39.5 Å². The van der Waals surface area contributed by atoms with Gasteiger partial charge in [-0.2, -0.15) is 0 Å². The van der Waals surface area contributed by atoms with Crippen molar-refractivity contribution >= 4 is 24.2 Å². The van der Waals surface area contributed by atoms with Crippen LogP contribution >= 0.6 is 0 Å². The molecule has 0 N–H and O–H groups in total. The van der Waals surface area contributed by atoms with Crippen LogP contribution < -0.4 is 10.8 Å². The molecule has 15 heavy (non-hydrogen) atoms. The molecule has 0 aliphatic heterocycles. The Hall–Kier alpha value is -1.35. The van der Waals surface area contributed by atoms with Crippen LogP contribution in [0.25, 0.3) is 11.0 Å². The van der Waals surface area contributed by atoms with Crippen LogP contribution in [0.1, 0.15) is 0 Å². The highest BCUT2D eigenvalue weighted by molar-refractivity contribution is 6.88. The van der Waals surface area contributed by atoms with Gasteiger partial charge in [0.25, 0.3) is 0 Å². The summed E-state index contributed by atoms with van der Waals surface area (Å²) in [6.45, 7) is 6.82. The molecular formula is C12H14O2Si. The number of hydrogen-bond donors (Lipinski definition) is 0. The van der Waals surface area contributed by atoms with Crippen LogP contribution in [-0.2, 0) is 0 Å². The Bertz CT molecular complexity index is 549. The Kier molecular flexibility index (Phi) is 2.27. The lowest BCUT2D eigenvalue weighted by atomic mass is 10.2. The molecule has 1 heterocycles. The SMILES string of the molecule is C[Si](C)(C)c1ccc2ccc(=O)oc2c1.